The van der Waals surface area contributed by atoms with Gasteiger partial charge in [-0.1, -0.05) is 11.6 Å². The van der Waals surface area contributed by atoms with Crippen LogP contribution >= 0.6 is 11.6 Å². The number of nitrogens with zero attached hydrogens (tertiary/aromatic N) is 2. The Morgan fingerprint density at radius 2 is 1.94 bits per heavy atom. The molecule has 3 nitrogen and oxygen atoms in total. The van der Waals surface area contributed by atoms with Crippen LogP contribution in [0.3, 0.4) is 0 Å². The van der Waals surface area contributed by atoms with Crippen LogP contribution in [0.1, 0.15) is 16.1 Å². The van der Waals surface area contributed by atoms with Crippen molar-refractivity contribution in [1.29, 1.82) is 0 Å². The Bertz CT molecular complexity index is 542. The number of carbonyl (C=O) groups excluding carboxylic acids is 1. The predicted octanol–water partition coefficient (Wildman–Crippen LogP) is 2.69. The van der Waals surface area contributed by atoms with E-state index < -0.39 is 0 Å². The van der Waals surface area contributed by atoms with Gasteiger partial charge in [-0.2, -0.15) is 0 Å². The quantitative estimate of drug-likeness (QED) is 0.787. The van der Waals surface area contributed by atoms with E-state index in [1.807, 2.05) is 0 Å². The number of benzene rings is 1. The lowest BCUT2D eigenvalue weighted by Gasteiger charge is -2.00. The Morgan fingerprint density at radius 1 is 1.24 bits per heavy atom. The van der Waals surface area contributed by atoms with Crippen LogP contribution in [0.5, 0.6) is 0 Å². The monoisotopic (exact) mass is 250 g/mol. The number of hydrogen-bond acceptors (Lipinski definition) is 3. The SMILES string of the molecule is O=C(Cc1cncc(Cl)n1)c1ccc(F)cc1. The molecule has 0 fully saturated rings. The number of aromatic nitrogens is 2. The zero-order valence-corrected chi connectivity index (χ0v) is 9.49. The van der Waals surface area contributed by atoms with Gasteiger partial charge in [0.05, 0.1) is 18.3 Å². The molecule has 0 radical (unpaired) electrons. The second kappa shape index (κ2) is 5.01. The summed E-state index contributed by atoms with van der Waals surface area (Å²) in [5.74, 6) is -0.523. The van der Waals surface area contributed by atoms with Gasteiger partial charge in [-0.3, -0.25) is 9.78 Å². The fraction of sp³-hybridized carbons (Fsp3) is 0.0833. The molecule has 0 saturated carbocycles. The molecule has 0 bridgehead atoms. The van der Waals surface area contributed by atoms with Crippen molar-refractivity contribution in [1.82, 2.24) is 9.97 Å². The molecule has 0 spiro atoms. The zero-order valence-electron chi connectivity index (χ0n) is 8.73. The highest BCUT2D eigenvalue weighted by Crippen LogP contribution is 2.08. The summed E-state index contributed by atoms with van der Waals surface area (Å²) in [6, 6.07) is 5.37. The van der Waals surface area contributed by atoms with Crippen molar-refractivity contribution >= 4 is 17.4 Å². The molecule has 5 heteroatoms. The van der Waals surface area contributed by atoms with Gasteiger partial charge >= 0.3 is 0 Å². The number of carbonyl (C=O) groups is 1. The summed E-state index contributed by atoms with van der Waals surface area (Å²) in [6.45, 7) is 0. The molecule has 1 aromatic carbocycles. The number of rotatable bonds is 3. The Balaban J connectivity index is 2.14. The molecule has 0 aliphatic rings. The van der Waals surface area contributed by atoms with Gasteiger partial charge in [0.2, 0.25) is 0 Å². The van der Waals surface area contributed by atoms with Crippen LogP contribution in [0.15, 0.2) is 36.7 Å². The molecule has 0 saturated heterocycles. The predicted molar refractivity (Wildman–Crippen MR) is 61.5 cm³/mol. The van der Waals surface area contributed by atoms with Crippen molar-refractivity contribution in [2.75, 3.05) is 0 Å². The molecule has 1 heterocycles. The number of halogens is 2. The molecule has 86 valence electrons. The molecule has 0 atom stereocenters. The van der Waals surface area contributed by atoms with E-state index in [1.165, 1.54) is 36.7 Å². The Morgan fingerprint density at radius 3 is 2.59 bits per heavy atom. The van der Waals surface area contributed by atoms with Crippen molar-refractivity contribution in [3.8, 4) is 0 Å². The summed E-state index contributed by atoms with van der Waals surface area (Å²) in [5, 5.41) is 0.245. The molecular formula is C12H8ClFN2O. The zero-order chi connectivity index (χ0) is 12.3. The Kier molecular flexibility index (Phi) is 3.44. The lowest BCUT2D eigenvalue weighted by Crippen LogP contribution is -2.05. The van der Waals surface area contributed by atoms with Gasteiger partial charge in [0.1, 0.15) is 11.0 Å². The fourth-order valence-electron chi connectivity index (χ4n) is 1.37. The highest BCUT2D eigenvalue weighted by Gasteiger charge is 2.08. The highest BCUT2D eigenvalue weighted by molar-refractivity contribution is 6.29. The van der Waals surface area contributed by atoms with E-state index in [0.29, 0.717) is 11.3 Å². The fourth-order valence-corrected chi connectivity index (χ4v) is 1.53. The smallest absolute Gasteiger partial charge is 0.168 e. The van der Waals surface area contributed by atoms with Crippen molar-refractivity contribution < 1.29 is 9.18 Å². The molecular weight excluding hydrogens is 243 g/mol. The van der Waals surface area contributed by atoms with E-state index in [1.54, 1.807) is 0 Å². The van der Waals surface area contributed by atoms with Crippen LogP contribution in [0.4, 0.5) is 4.39 Å². The second-order valence-electron chi connectivity index (χ2n) is 3.44. The van der Waals surface area contributed by atoms with Gasteiger partial charge in [0.15, 0.2) is 5.78 Å². The van der Waals surface area contributed by atoms with E-state index in [9.17, 15) is 9.18 Å². The summed E-state index contributed by atoms with van der Waals surface area (Å²) < 4.78 is 12.7. The molecule has 0 unspecified atom stereocenters. The lowest BCUT2D eigenvalue weighted by atomic mass is 10.1. The first-order valence-corrected chi connectivity index (χ1v) is 5.28. The average Bonchev–Trinajstić information content (AvgIpc) is 2.29. The van der Waals surface area contributed by atoms with E-state index in [2.05, 4.69) is 9.97 Å². The van der Waals surface area contributed by atoms with Gasteiger partial charge in [0, 0.05) is 11.8 Å². The minimum Gasteiger partial charge on any atom is -0.294 e. The molecule has 0 aliphatic carbocycles. The van der Waals surface area contributed by atoms with Gasteiger partial charge in [-0.15, -0.1) is 0 Å². The van der Waals surface area contributed by atoms with Crippen molar-refractivity contribution in [2.45, 2.75) is 6.42 Å². The Hall–Kier alpha value is -1.81. The lowest BCUT2D eigenvalue weighted by molar-refractivity contribution is 0.0992. The van der Waals surface area contributed by atoms with E-state index in [-0.39, 0.29) is 23.2 Å². The van der Waals surface area contributed by atoms with E-state index in [0.717, 1.165) is 0 Å². The molecule has 2 rings (SSSR count). The summed E-state index contributed by atoms with van der Waals surface area (Å²) >= 11 is 5.66. The van der Waals surface area contributed by atoms with Crippen molar-refractivity contribution in [3.63, 3.8) is 0 Å². The number of Topliss-reactive ketones (excluding diaryl/α,β-unsaturated/α-hetero) is 1. The third-order valence-electron chi connectivity index (χ3n) is 2.16. The van der Waals surface area contributed by atoms with Gasteiger partial charge in [-0.25, -0.2) is 9.37 Å². The normalized spacial score (nSPS) is 10.2. The van der Waals surface area contributed by atoms with Crippen LogP contribution in [0, 0.1) is 5.82 Å². The third kappa shape index (κ3) is 3.07. The maximum Gasteiger partial charge on any atom is 0.168 e. The molecule has 2 aromatic rings. The second-order valence-corrected chi connectivity index (χ2v) is 3.83. The standard InChI is InChI=1S/C12H8ClFN2O/c13-12-7-15-6-10(16-12)5-11(17)8-1-3-9(14)4-2-8/h1-4,6-7H,5H2. The first kappa shape index (κ1) is 11.7. The topological polar surface area (TPSA) is 42.9 Å². The van der Waals surface area contributed by atoms with Crippen LogP contribution in [0.2, 0.25) is 5.15 Å². The van der Waals surface area contributed by atoms with E-state index in [4.69, 9.17) is 11.6 Å². The van der Waals surface area contributed by atoms with Gasteiger partial charge in [0.25, 0.3) is 0 Å². The largest absolute Gasteiger partial charge is 0.294 e. The summed E-state index contributed by atoms with van der Waals surface area (Å²) in [6.07, 6.45) is 2.97. The van der Waals surface area contributed by atoms with Gasteiger partial charge in [-0.05, 0) is 24.3 Å². The molecule has 0 N–H and O–H groups in total. The van der Waals surface area contributed by atoms with Crippen LogP contribution in [-0.4, -0.2) is 15.8 Å². The molecule has 0 amide bonds. The number of ketones is 1. The van der Waals surface area contributed by atoms with Crippen LogP contribution in [-0.2, 0) is 6.42 Å². The van der Waals surface area contributed by atoms with Crippen molar-refractivity contribution in [3.05, 3.63) is 58.9 Å². The minimum atomic E-state index is -0.371. The molecule has 1 aromatic heterocycles. The first-order valence-electron chi connectivity index (χ1n) is 4.90. The molecule has 17 heavy (non-hydrogen) atoms. The summed E-state index contributed by atoms with van der Waals surface area (Å²) in [7, 11) is 0. The highest BCUT2D eigenvalue weighted by atomic mass is 35.5. The number of hydrogen-bond donors (Lipinski definition) is 0. The maximum absolute atomic E-state index is 12.7. The average molecular weight is 251 g/mol. The first-order chi connectivity index (χ1) is 8.15. The van der Waals surface area contributed by atoms with Gasteiger partial charge < -0.3 is 0 Å². The minimum absolute atomic E-state index is 0.0964. The maximum atomic E-state index is 12.7. The van der Waals surface area contributed by atoms with Crippen LogP contribution in [0.25, 0.3) is 0 Å². The third-order valence-corrected chi connectivity index (χ3v) is 2.35. The molecule has 0 aliphatic heterocycles. The van der Waals surface area contributed by atoms with E-state index >= 15 is 0 Å². The van der Waals surface area contributed by atoms with Crippen molar-refractivity contribution in [2.24, 2.45) is 0 Å². The van der Waals surface area contributed by atoms with Crippen LogP contribution < -0.4 is 0 Å². The summed E-state index contributed by atoms with van der Waals surface area (Å²) in [4.78, 5) is 19.6. The Labute approximate surface area is 102 Å². The summed E-state index contributed by atoms with van der Waals surface area (Å²) in [5.41, 5.74) is 0.931.